The lowest BCUT2D eigenvalue weighted by molar-refractivity contribution is 0.256. The summed E-state index contributed by atoms with van der Waals surface area (Å²) in [5, 5.41) is 2.19. The van der Waals surface area contributed by atoms with Gasteiger partial charge in [0, 0.05) is 0 Å². The molecule has 0 saturated carbocycles. The molecule has 1 aliphatic heterocycles. The Hall–Kier alpha value is -1.63. The highest BCUT2D eigenvalue weighted by Crippen LogP contribution is 2.24. The predicted octanol–water partition coefficient (Wildman–Crippen LogP) is 0.650. The molecular formula is C7H5FN2O3S. The largest absolute Gasteiger partial charge is 0.333 e. The van der Waals surface area contributed by atoms with E-state index in [2.05, 4.69) is 5.32 Å². The first-order chi connectivity index (χ1) is 6.49. The summed E-state index contributed by atoms with van der Waals surface area (Å²) < 4.78 is 37.0. The summed E-state index contributed by atoms with van der Waals surface area (Å²) in [5.74, 6) is -0.610. The minimum atomic E-state index is -3.84. The average Bonchev–Trinajstić information content (AvgIpc) is 2.00. The van der Waals surface area contributed by atoms with Gasteiger partial charge in [-0.25, -0.2) is 22.3 Å². The molecule has 0 aliphatic carbocycles. The zero-order valence-electron chi connectivity index (χ0n) is 6.74. The van der Waals surface area contributed by atoms with Gasteiger partial charge >= 0.3 is 6.03 Å². The zero-order chi connectivity index (χ0) is 10.3. The molecule has 2 rings (SSSR count). The lowest BCUT2D eigenvalue weighted by atomic mass is 10.3. The Morgan fingerprint density at radius 3 is 2.71 bits per heavy atom. The molecule has 0 saturated heterocycles. The van der Waals surface area contributed by atoms with E-state index in [4.69, 9.17) is 0 Å². The number of benzene rings is 1. The van der Waals surface area contributed by atoms with Crippen LogP contribution < -0.4 is 10.0 Å². The van der Waals surface area contributed by atoms with Gasteiger partial charge in [-0.15, -0.1) is 0 Å². The van der Waals surface area contributed by atoms with Crippen LogP contribution in [0.2, 0.25) is 0 Å². The van der Waals surface area contributed by atoms with Gasteiger partial charge in [0.05, 0.1) is 5.69 Å². The van der Waals surface area contributed by atoms with Gasteiger partial charge in [-0.05, 0) is 18.2 Å². The van der Waals surface area contributed by atoms with Crippen molar-refractivity contribution in [3.8, 4) is 0 Å². The van der Waals surface area contributed by atoms with Gasteiger partial charge < -0.3 is 5.32 Å². The lowest BCUT2D eigenvalue weighted by Crippen LogP contribution is -2.39. The van der Waals surface area contributed by atoms with Crippen molar-refractivity contribution in [3.05, 3.63) is 24.0 Å². The molecule has 0 aromatic heterocycles. The molecule has 1 aliphatic rings. The molecule has 7 heteroatoms. The lowest BCUT2D eigenvalue weighted by Gasteiger charge is -2.17. The standard InChI is InChI=1S/C7H5FN2O3S/c8-4-1-2-6-5(3-4)9-7(11)10-14(6,12)13/h1-3H,(H2,9,10,11). The van der Waals surface area contributed by atoms with Crippen LogP contribution in [0.3, 0.4) is 0 Å². The normalized spacial score (nSPS) is 17.9. The van der Waals surface area contributed by atoms with E-state index in [0.29, 0.717) is 0 Å². The highest BCUT2D eigenvalue weighted by Gasteiger charge is 2.27. The molecule has 2 N–H and O–H groups in total. The fraction of sp³-hybridized carbons (Fsp3) is 0. The molecule has 1 heterocycles. The van der Waals surface area contributed by atoms with Crippen molar-refractivity contribution < 1.29 is 17.6 Å². The molecule has 0 radical (unpaired) electrons. The van der Waals surface area contributed by atoms with Crippen LogP contribution in [0.5, 0.6) is 0 Å². The second-order valence-electron chi connectivity index (χ2n) is 2.70. The molecule has 74 valence electrons. The van der Waals surface area contributed by atoms with Gasteiger partial charge in [0.15, 0.2) is 0 Å². The van der Waals surface area contributed by atoms with Crippen LogP contribution >= 0.6 is 0 Å². The quantitative estimate of drug-likeness (QED) is 0.668. The maximum absolute atomic E-state index is 12.7. The van der Waals surface area contributed by atoms with E-state index in [1.165, 1.54) is 0 Å². The summed E-state index contributed by atoms with van der Waals surface area (Å²) in [6.45, 7) is 0. The van der Waals surface area contributed by atoms with E-state index in [-0.39, 0.29) is 10.6 Å². The van der Waals surface area contributed by atoms with Crippen LogP contribution in [-0.4, -0.2) is 14.4 Å². The van der Waals surface area contributed by atoms with E-state index >= 15 is 0 Å². The van der Waals surface area contributed by atoms with Gasteiger partial charge in [-0.2, -0.15) is 0 Å². The van der Waals surface area contributed by atoms with Crippen molar-refractivity contribution in [3.63, 3.8) is 0 Å². The molecule has 0 unspecified atom stereocenters. The average molecular weight is 216 g/mol. The summed E-state index contributed by atoms with van der Waals surface area (Å²) in [5.41, 5.74) is -0.0475. The van der Waals surface area contributed by atoms with Crippen molar-refractivity contribution >= 4 is 21.7 Å². The molecule has 0 fully saturated rings. The Bertz CT molecular complexity index is 512. The third-order valence-electron chi connectivity index (χ3n) is 1.71. The molecule has 0 atom stereocenters. The van der Waals surface area contributed by atoms with Gasteiger partial charge in [-0.1, -0.05) is 0 Å². The van der Waals surface area contributed by atoms with Crippen LogP contribution in [0.1, 0.15) is 0 Å². The summed E-state index contributed by atoms with van der Waals surface area (Å²) >= 11 is 0. The number of sulfonamides is 1. The first kappa shape index (κ1) is 8.95. The molecule has 1 aromatic rings. The summed E-state index contributed by atoms with van der Waals surface area (Å²) in [7, 11) is -3.84. The number of urea groups is 1. The van der Waals surface area contributed by atoms with Gasteiger partial charge in [0.25, 0.3) is 10.0 Å². The molecule has 0 bridgehead atoms. The number of hydrogen-bond donors (Lipinski definition) is 2. The molecule has 14 heavy (non-hydrogen) atoms. The number of fused-ring (bicyclic) bond motifs is 1. The maximum Gasteiger partial charge on any atom is 0.333 e. The second kappa shape index (κ2) is 2.68. The topological polar surface area (TPSA) is 75.3 Å². The Morgan fingerprint density at radius 2 is 2.00 bits per heavy atom. The van der Waals surface area contributed by atoms with E-state index in [1.54, 1.807) is 4.72 Å². The highest BCUT2D eigenvalue weighted by molar-refractivity contribution is 7.90. The SMILES string of the molecule is O=C1Nc2cc(F)ccc2S(=O)(=O)N1. The van der Waals surface area contributed by atoms with E-state index in [0.717, 1.165) is 18.2 Å². The van der Waals surface area contributed by atoms with Gasteiger partial charge in [-0.3, -0.25) is 0 Å². The third-order valence-corrected chi connectivity index (χ3v) is 3.10. The van der Waals surface area contributed by atoms with Crippen molar-refractivity contribution in [2.24, 2.45) is 0 Å². The number of amides is 2. The number of hydrogen-bond acceptors (Lipinski definition) is 3. The number of carbonyl (C=O) groups excluding carboxylic acids is 1. The Kier molecular flexibility index (Phi) is 1.71. The van der Waals surface area contributed by atoms with E-state index < -0.39 is 21.9 Å². The summed E-state index contributed by atoms with van der Waals surface area (Å²) in [6.07, 6.45) is 0. The maximum atomic E-state index is 12.7. The minimum absolute atomic E-state index is 0.0475. The van der Waals surface area contributed by atoms with Crippen LogP contribution in [0.25, 0.3) is 0 Å². The Balaban J connectivity index is 2.69. The molecule has 1 aromatic carbocycles. The number of halogens is 1. The second-order valence-corrected chi connectivity index (χ2v) is 4.35. The number of rotatable bonds is 0. The first-order valence-corrected chi connectivity index (χ1v) is 5.11. The van der Waals surface area contributed by atoms with Crippen LogP contribution in [0.15, 0.2) is 23.1 Å². The van der Waals surface area contributed by atoms with E-state index in [1.807, 2.05) is 0 Å². The number of carbonyl (C=O) groups is 1. The van der Waals surface area contributed by atoms with Gasteiger partial charge in [0.2, 0.25) is 0 Å². The monoisotopic (exact) mass is 216 g/mol. The zero-order valence-corrected chi connectivity index (χ0v) is 7.56. The van der Waals surface area contributed by atoms with Crippen molar-refractivity contribution in [2.45, 2.75) is 4.90 Å². The van der Waals surface area contributed by atoms with Gasteiger partial charge in [0.1, 0.15) is 10.7 Å². The highest BCUT2D eigenvalue weighted by atomic mass is 32.2. The van der Waals surface area contributed by atoms with E-state index in [9.17, 15) is 17.6 Å². The summed E-state index contributed by atoms with van der Waals surface area (Å²) in [6, 6.07) is 2.16. The third kappa shape index (κ3) is 1.31. The van der Waals surface area contributed by atoms with Crippen molar-refractivity contribution in [1.82, 2.24) is 4.72 Å². The minimum Gasteiger partial charge on any atom is -0.306 e. The Labute approximate surface area is 79.0 Å². The van der Waals surface area contributed by atoms with Crippen molar-refractivity contribution in [1.29, 1.82) is 0 Å². The number of nitrogens with one attached hydrogen (secondary N) is 2. The smallest absolute Gasteiger partial charge is 0.306 e. The first-order valence-electron chi connectivity index (χ1n) is 3.62. The number of anilines is 1. The van der Waals surface area contributed by atoms with Crippen LogP contribution in [0, 0.1) is 5.82 Å². The fourth-order valence-corrected chi connectivity index (χ4v) is 2.21. The fourth-order valence-electron chi connectivity index (χ4n) is 1.16. The Morgan fingerprint density at radius 1 is 1.29 bits per heavy atom. The molecule has 5 nitrogen and oxygen atoms in total. The van der Waals surface area contributed by atoms with Crippen molar-refractivity contribution in [2.75, 3.05) is 5.32 Å². The molecule has 2 amide bonds. The van der Waals surface area contributed by atoms with Crippen LogP contribution in [-0.2, 0) is 10.0 Å². The predicted molar refractivity (Wildman–Crippen MR) is 45.7 cm³/mol. The molecular weight excluding hydrogens is 211 g/mol. The molecule has 0 spiro atoms. The van der Waals surface area contributed by atoms with Crippen LogP contribution in [0.4, 0.5) is 14.9 Å². The summed E-state index contributed by atoms with van der Waals surface area (Å²) in [4.78, 5) is 10.7.